The molecule has 0 amide bonds. The number of carbonyl (C=O) groups is 3. The molecule has 0 bridgehead atoms. The van der Waals surface area contributed by atoms with E-state index in [9.17, 15) is 41.1 Å². The summed E-state index contributed by atoms with van der Waals surface area (Å²) in [6, 6.07) is 0. The van der Waals surface area contributed by atoms with Crippen LogP contribution in [0, 0.1) is 19.0 Å². The van der Waals surface area contributed by atoms with Gasteiger partial charge in [-0.25, -0.2) is 14.4 Å². The first-order chi connectivity index (χ1) is 15.6. The van der Waals surface area contributed by atoms with Crippen molar-refractivity contribution in [1.29, 1.82) is 0 Å². The Morgan fingerprint density at radius 2 is 1.56 bits per heavy atom. The molecule has 0 aliphatic rings. The zero-order chi connectivity index (χ0) is 26.4. The molecular weight excluding hydrogens is 482 g/mol. The molecule has 1 rings (SSSR count). The number of hydrogen-bond acceptors (Lipinski definition) is 7. The van der Waals surface area contributed by atoms with E-state index in [-0.39, 0.29) is 35.7 Å². The van der Waals surface area contributed by atoms with Gasteiger partial charge in [0.15, 0.2) is 0 Å². The SMILES string of the molecule is [B]Cc1c(C)c(C(=O)O)c(C(=O)OC#CC(=O)OC(CS(=O)(=O)O)C(F)(F)F)c(C[B])c1C[B]. The number of halogens is 3. The maximum absolute atomic E-state index is 12.8. The van der Waals surface area contributed by atoms with Gasteiger partial charge in [-0.1, -0.05) is 30.1 Å². The monoisotopic (exact) mass is 496 g/mol. The first-order valence-corrected chi connectivity index (χ1v) is 10.6. The van der Waals surface area contributed by atoms with Crippen molar-refractivity contribution in [1.82, 2.24) is 0 Å². The van der Waals surface area contributed by atoms with Gasteiger partial charge in [0, 0.05) is 0 Å². The zero-order valence-electron chi connectivity index (χ0n) is 17.4. The molecule has 0 saturated carbocycles. The molecular formula is C18H14B3F3O9S. The van der Waals surface area contributed by atoms with Crippen molar-refractivity contribution < 1.29 is 55.1 Å². The first kappa shape index (κ1) is 29.1. The van der Waals surface area contributed by atoms with Crippen LogP contribution in [-0.2, 0) is 43.3 Å². The zero-order valence-corrected chi connectivity index (χ0v) is 18.2. The number of carboxylic acid groups (broad SMARTS) is 1. The van der Waals surface area contributed by atoms with Gasteiger partial charge >= 0.3 is 24.1 Å². The summed E-state index contributed by atoms with van der Waals surface area (Å²) in [6.45, 7) is 1.36. The van der Waals surface area contributed by atoms with Crippen molar-refractivity contribution in [3.63, 3.8) is 0 Å². The lowest BCUT2D eigenvalue weighted by Gasteiger charge is -2.21. The van der Waals surface area contributed by atoms with Crippen molar-refractivity contribution in [3.05, 3.63) is 33.4 Å². The van der Waals surface area contributed by atoms with Crippen LogP contribution in [0.3, 0.4) is 0 Å². The Balaban J connectivity index is 3.32. The lowest BCUT2D eigenvalue weighted by atomic mass is 9.74. The number of esters is 2. The highest BCUT2D eigenvalue weighted by Gasteiger charge is 2.45. The van der Waals surface area contributed by atoms with Crippen molar-refractivity contribution in [2.45, 2.75) is 38.2 Å². The Labute approximate surface area is 196 Å². The molecule has 0 heterocycles. The molecule has 6 radical (unpaired) electrons. The second-order valence-corrected chi connectivity index (χ2v) is 8.03. The molecule has 0 saturated heterocycles. The number of ether oxygens (including phenoxy) is 2. The molecule has 1 unspecified atom stereocenters. The summed E-state index contributed by atoms with van der Waals surface area (Å²) in [7, 11) is 11.8. The highest BCUT2D eigenvalue weighted by Crippen LogP contribution is 2.29. The largest absolute Gasteiger partial charge is 0.478 e. The summed E-state index contributed by atoms with van der Waals surface area (Å²) in [6.07, 6.45) is -7.83. The lowest BCUT2D eigenvalue weighted by molar-refractivity contribution is -0.211. The van der Waals surface area contributed by atoms with Crippen LogP contribution in [0.25, 0.3) is 0 Å². The highest BCUT2D eigenvalue weighted by molar-refractivity contribution is 7.85. The van der Waals surface area contributed by atoms with E-state index in [1.54, 1.807) is 0 Å². The first-order valence-electron chi connectivity index (χ1n) is 9.04. The molecule has 176 valence electrons. The van der Waals surface area contributed by atoms with Crippen LogP contribution in [-0.4, -0.2) is 77.6 Å². The Morgan fingerprint density at radius 3 is 1.97 bits per heavy atom. The fourth-order valence-corrected chi connectivity index (χ4v) is 3.64. The van der Waals surface area contributed by atoms with Gasteiger partial charge in [-0.05, 0) is 18.1 Å². The number of carbonyl (C=O) groups excluding carboxylic acids is 2. The molecule has 0 spiro atoms. The standard InChI is InChI=1S/C18H14B3F3O9S/c1-8-9(4-19)10(5-20)11(6-21)15(14(8)16(26)27)17(28)32-3-2-13(25)33-12(18(22,23)24)7-34(29,30)31/h12H,4-7H2,1H3,(H,26,27)(H,29,30,31). The van der Waals surface area contributed by atoms with Gasteiger partial charge in [0.05, 0.1) is 40.6 Å². The molecule has 1 aromatic rings. The molecule has 9 nitrogen and oxygen atoms in total. The molecule has 34 heavy (non-hydrogen) atoms. The smallest absolute Gasteiger partial charge is 0.426 e. The molecule has 1 aromatic carbocycles. The van der Waals surface area contributed by atoms with Crippen LogP contribution in [0.1, 0.15) is 43.0 Å². The minimum absolute atomic E-state index is 0.0226. The van der Waals surface area contributed by atoms with Crippen LogP contribution in [0.4, 0.5) is 13.2 Å². The summed E-state index contributed by atoms with van der Waals surface area (Å²) in [4.78, 5) is 35.9. The number of hydrogen-bond donors (Lipinski definition) is 2. The molecule has 1 atom stereocenters. The number of carboxylic acids is 1. The van der Waals surface area contributed by atoms with E-state index in [0.29, 0.717) is 5.56 Å². The van der Waals surface area contributed by atoms with Crippen molar-refractivity contribution in [3.8, 4) is 12.0 Å². The van der Waals surface area contributed by atoms with E-state index < -0.39 is 57.2 Å². The van der Waals surface area contributed by atoms with E-state index in [4.69, 9.17) is 28.1 Å². The Bertz CT molecular complexity index is 1160. The summed E-state index contributed by atoms with van der Waals surface area (Å²) in [5.41, 5.74) is -0.394. The Kier molecular flexibility index (Phi) is 9.83. The predicted molar refractivity (Wildman–Crippen MR) is 112 cm³/mol. The fourth-order valence-electron chi connectivity index (χ4n) is 3.00. The minimum Gasteiger partial charge on any atom is -0.478 e. The maximum atomic E-state index is 12.8. The molecule has 2 N–H and O–H groups in total. The number of aromatic carboxylic acids is 1. The van der Waals surface area contributed by atoms with Gasteiger partial charge in [0.25, 0.3) is 10.1 Å². The third-order valence-corrected chi connectivity index (χ3v) is 5.14. The molecule has 0 aromatic heterocycles. The third kappa shape index (κ3) is 7.29. The van der Waals surface area contributed by atoms with Crippen LogP contribution >= 0.6 is 0 Å². The average Bonchev–Trinajstić information content (AvgIpc) is 2.69. The van der Waals surface area contributed by atoms with Gasteiger partial charge in [-0.15, -0.1) is 0 Å². The second kappa shape index (κ2) is 11.5. The lowest BCUT2D eigenvalue weighted by Crippen LogP contribution is -2.39. The van der Waals surface area contributed by atoms with Crippen LogP contribution in [0.15, 0.2) is 0 Å². The van der Waals surface area contributed by atoms with Crippen LogP contribution in [0.2, 0.25) is 0 Å². The molecule has 0 aliphatic carbocycles. The quantitative estimate of drug-likeness (QED) is 0.223. The number of alkyl halides is 3. The average molecular weight is 496 g/mol. The number of rotatable bonds is 8. The summed E-state index contributed by atoms with van der Waals surface area (Å²) in [5, 5.41) is 9.57. The van der Waals surface area contributed by atoms with E-state index in [0.717, 1.165) is 0 Å². The number of benzene rings is 1. The van der Waals surface area contributed by atoms with Gasteiger partial charge in [-0.3, -0.25) is 4.55 Å². The van der Waals surface area contributed by atoms with Crippen LogP contribution in [0.5, 0.6) is 0 Å². The second-order valence-electron chi connectivity index (χ2n) is 6.53. The topological polar surface area (TPSA) is 144 Å². The summed E-state index contributed by atoms with van der Waals surface area (Å²) in [5.74, 6) is -5.53. The van der Waals surface area contributed by atoms with E-state index in [1.165, 1.54) is 19.0 Å². The highest BCUT2D eigenvalue weighted by atomic mass is 32.2. The van der Waals surface area contributed by atoms with E-state index in [2.05, 4.69) is 9.47 Å². The Morgan fingerprint density at radius 1 is 1.03 bits per heavy atom. The van der Waals surface area contributed by atoms with E-state index in [1.807, 2.05) is 0 Å². The van der Waals surface area contributed by atoms with Gasteiger partial charge < -0.3 is 14.6 Å². The van der Waals surface area contributed by atoms with Crippen LogP contribution < -0.4 is 0 Å². The summed E-state index contributed by atoms with van der Waals surface area (Å²) < 4.78 is 76.6. The van der Waals surface area contributed by atoms with Crippen molar-refractivity contribution in [2.24, 2.45) is 0 Å². The summed E-state index contributed by atoms with van der Waals surface area (Å²) >= 11 is 0. The van der Waals surface area contributed by atoms with Gasteiger partial charge in [-0.2, -0.15) is 21.6 Å². The molecule has 16 heteroatoms. The molecule has 0 aliphatic heterocycles. The molecule has 0 fully saturated rings. The van der Waals surface area contributed by atoms with E-state index >= 15 is 0 Å². The maximum Gasteiger partial charge on any atom is 0.426 e. The Hall–Kier alpha value is -2.92. The van der Waals surface area contributed by atoms with Crippen molar-refractivity contribution >= 4 is 51.6 Å². The fraction of sp³-hybridized carbons (Fsp3) is 0.389. The third-order valence-electron chi connectivity index (χ3n) is 4.41. The van der Waals surface area contributed by atoms with Gasteiger partial charge in [0.1, 0.15) is 11.9 Å². The van der Waals surface area contributed by atoms with Gasteiger partial charge in [0.2, 0.25) is 6.10 Å². The predicted octanol–water partition coefficient (Wildman–Crippen LogP) is 0.178. The normalized spacial score (nSPS) is 12.3. The van der Waals surface area contributed by atoms with Crippen molar-refractivity contribution in [2.75, 3.05) is 5.75 Å². The minimum atomic E-state index is -5.36.